The quantitative estimate of drug-likeness (QED) is 0.880. The fourth-order valence-electron chi connectivity index (χ4n) is 4.54. The first-order chi connectivity index (χ1) is 13.3. The van der Waals surface area contributed by atoms with Crippen molar-refractivity contribution in [3.8, 4) is 0 Å². The lowest BCUT2D eigenvalue weighted by Gasteiger charge is -2.50. The average Bonchev–Trinajstić information content (AvgIpc) is 2.86. The number of hydrogen-bond acceptors (Lipinski definition) is 3. The molecule has 1 fully saturated rings. The zero-order valence-corrected chi connectivity index (χ0v) is 17.4. The molecule has 0 spiro atoms. The van der Waals surface area contributed by atoms with Gasteiger partial charge >= 0.3 is 0 Å². The number of carbonyl (C=O) groups is 1. The van der Waals surface area contributed by atoms with Gasteiger partial charge in [0.2, 0.25) is 5.91 Å². The molecule has 0 radical (unpaired) electrons. The van der Waals surface area contributed by atoms with Crippen molar-refractivity contribution >= 4 is 23.4 Å². The van der Waals surface area contributed by atoms with Gasteiger partial charge in [-0.2, -0.15) is 0 Å². The number of nitrogens with one attached hydrogen (secondary N) is 1. The molecule has 1 N–H and O–H groups in total. The van der Waals surface area contributed by atoms with Crippen molar-refractivity contribution in [2.45, 2.75) is 31.8 Å². The van der Waals surface area contributed by atoms with Gasteiger partial charge in [0, 0.05) is 37.4 Å². The summed E-state index contributed by atoms with van der Waals surface area (Å²) in [6.07, 6.45) is 4.32. The maximum Gasteiger partial charge on any atom is 0.226 e. The number of rotatable bonds is 3. The molecule has 4 rings (SSSR count). The van der Waals surface area contributed by atoms with E-state index in [4.69, 9.17) is 0 Å². The van der Waals surface area contributed by atoms with E-state index in [0.717, 1.165) is 12.1 Å². The standard InChI is InChI=1S/C24H29N3O/c1-17-16-27-21-9-7-6-8-20(21)23(2,3)24(27,25-22(17)28)15-14-18-10-12-19(13-11-18)26(4)5/h6-15,17H,16H2,1-5H3,(H,25,28)/b15-14+/t17-,24-/m0/s1. The zero-order chi connectivity index (χ0) is 20.1. The van der Waals surface area contributed by atoms with Gasteiger partial charge in [0.15, 0.2) is 0 Å². The lowest BCUT2D eigenvalue weighted by Crippen LogP contribution is -2.70. The van der Waals surface area contributed by atoms with Crippen LogP contribution in [0.4, 0.5) is 11.4 Å². The first kappa shape index (κ1) is 18.6. The Morgan fingerprint density at radius 1 is 1.11 bits per heavy atom. The largest absolute Gasteiger partial charge is 0.378 e. The van der Waals surface area contributed by atoms with Crippen LogP contribution in [0.25, 0.3) is 6.08 Å². The molecule has 146 valence electrons. The van der Waals surface area contributed by atoms with E-state index < -0.39 is 5.66 Å². The summed E-state index contributed by atoms with van der Waals surface area (Å²) in [5, 5.41) is 3.37. The van der Waals surface area contributed by atoms with Crippen molar-refractivity contribution < 1.29 is 4.79 Å². The number of benzene rings is 2. The molecule has 2 aromatic rings. The van der Waals surface area contributed by atoms with E-state index in [0.29, 0.717) is 0 Å². The summed E-state index contributed by atoms with van der Waals surface area (Å²) in [5.74, 6) is 0.0765. The maximum atomic E-state index is 12.7. The van der Waals surface area contributed by atoms with Crippen molar-refractivity contribution in [3.63, 3.8) is 0 Å². The van der Waals surface area contributed by atoms with E-state index in [-0.39, 0.29) is 17.2 Å². The van der Waals surface area contributed by atoms with E-state index in [1.165, 1.54) is 16.9 Å². The highest BCUT2D eigenvalue weighted by Gasteiger charge is 2.58. The normalized spacial score (nSPS) is 25.4. The number of amides is 1. The highest BCUT2D eigenvalue weighted by Crippen LogP contribution is 2.52. The number of anilines is 2. The molecule has 4 nitrogen and oxygen atoms in total. The average molecular weight is 376 g/mol. The summed E-state index contributed by atoms with van der Waals surface area (Å²) >= 11 is 0. The molecule has 2 atom stereocenters. The van der Waals surface area contributed by atoms with Gasteiger partial charge in [-0.15, -0.1) is 0 Å². The van der Waals surface area contributed by atoms with Crippen molar-refractivity contribution in [2.24, 2.45) is 5.92 Å². The molecule has 0 saturated carbocycles. The predicted octanol–water partition coefficient (Wildman–Crippen LogP) is 4.03. The highest BCUT2D eigenvalue weighted by atomic mass is 16.2. The first-order valence-corrected chi connectivity index (χ1v) is 9.92. The van der Waals surface area contributed by atoms with Crippen LogP contribution in [-0.4, -0.2) is 32.2 Å². The summed E-state index contributed by atoms with van der Waals surface area (Å²) in [6.45, 7) is 7.16. The van der Waals surface area contributed by atoms with Crippen LogP contribution < -0.4 is 15.1 Å². The Morgan fingerprint density at radius 3 is 2.46 bits per heavy atom. The summed E-state index contributed by atoms with van der Waals surface area (Å²) < 4.78 is 0. The zero-order valence-electron chi connectivity index (χ0n) is 17.4. The molecular weight excluding hydrogens is 346 g/mol. The topological polar surface area (TPSA) is 35.6 Å². The fraction of sp³-hybridized carbons (Fsp3) is 0.375. The van der Waals surface area contributed by atoms with Crippen LogP contribution in [0.3, 0.4) is 0 Å². The molecule has 2 aromatic carbocycles. The molecule has 1 saturated heterocycles. The molecule has 0 aliphatic carbocycles. The van der Waals surface area contributed by atoms with Crippen LogP contribution in [0.15, 0.2) is 54.6 Å². The smallest absolute Gasteiger partial charge is 0.226 e. The van der Waals surface area contributed by atoms with Crippen molar-refractivity contribution in [3.05, 3.63) is 65.7 Å². The van der Waals surface area contributed by atoms with Crippen LogP contribution >= 0.6 is 0 Å². The third kappa shape index (κ3) is 2.62. The summed E-state index contributed by atoms with van der Waals surface area (Å²) in [6, 6.07) is 17.0. The molecule has 0 unspecified atom stereocenters. The Labute approximate surface area is 167 Å². The second kappa shape index (κ2) is 6.40. The minimum Gasteiger partial charge on any atom is -0.378 e. The van der Waals surface area contributed by atoms with E-state index >= 15 is 0 Å². The van der Waals surface area contributed by atoms with Gasteiger partial charge in [0.25, 0.3) is 0 Å². The molecule has 4 heteroatoms. The number of nitrogens with zero attached hydrogens (tertiary/aromatic N) is 2. The third-order valence-corrected chi connectivity index (χ3v) is 6.39. The van der Waals surface area contributed by atoms with Crippen LogP contribution in [-0.2, 0) is 10.2 Å². The van der Waals surface area contributed by atoms with Crippen molar-refractivity contribution in [1.82, 2.24) is 5.32 Å². The van der Waals surface area contributed by atoms with Gasteiger partial charge in [-0.25, -0.2) is 0 Å². The summed E-state index contributed by atoms with van der Waals surface area (Å²) in [5.41, 5.74) is 3.97. The van der Waals surface area contributed by atoms with Gasteiger partial charge in [0.05, 0.1) is 5.92 Å². The Bertz CT molecular complexity index is 929. The summed E-state index contributed by atoms with van der Waals surface area (Å²) in [4.78, 5) is 17.2. The SMILES string of the molecule is C[C@H]1CN2c3ccccc3C(C)(C)[C@@]2(/C=C/c2ccc(N(C)C)cc2)NC1=O. The minimum atomic E-state index is -0.569. The minimum absolute atomic E-state index is 0.0390. The maximum absolute atomic E-state index is 12.7. The molecule has 2 aliphatic heterocycles. The summed E-state index contributed by atoms with van der Waals surface area (Å²) in [7, 11) is 4.08. The van der Waals surface area contributed by atoms with Crippen LogP contribution in [0.2, 0.25) is 0 Å². The Balaban J connectivity index is 1.78. The predicted molar refractivity (Wildman–Crippen MR) is 117 cm³/mol. The highest BCUT2D eigenvalue weighted by molar-refractivity contribution is 5.86. The Morgan fingerprint density at radius 2 is 1.79 bits per heavy atom. The molecule has 28 heavy (non-hydrogen) atoms. The lowest BCUT2D eigenvalue weighted by molar-refractivity contribution is -0.128. The molecular formula is C24H29N3O. The van der Waals surface area contributed by atoms with Crippen molar-refractivity contribution in [1.29, 1.82) is 0 Å². The van der Waals surface area contributed by atoms with Gasteiger partial charge in [-0.05, 0) is 35.4 Å². The van der Waals surface area contributed by atoms with Crippen LogP contribution in [0.1, 0.15) is 31.9 Å². The molecule has 0 aromatic heterocycles. The first-order valence-electron chi connectivity index (χ1n) is 9.92. The van der Waals surface area contributed by atoms with Gasteiger partial charge in [-0.1, -0.05) is 57.2 Å². The second-order valence-electron chi connectivity index (χ2n) is 8.73. The van der Waals surface area contributed by atoms with E-state index in [2.05, 4.69) is 89.6 Å². The monoisotopic (exact) mass is 375 g/mol. The van der Waals surface area contributed by atoms with Gasteiger partial charge in [-0.3, -0.25) is 4.79 Å². The van der Waals surface area contributed by atoms with E-state index in [1.54, 1.807) is 0 Å². The number of carbonyl (C=O) groups excluding carboxylic acids is 1. The van der Waals surface area contributed by atoms with E-state index in [1.807, 2.05) is 21.0 Å². The molecule has 0 bridgehead atoms. The van der Waals surface area contributed by atoms with Crippen LogP contribution in [0, 0.1) is 5.92 Å². The third-order valence-electron chi connectivity index (χ3n) is 6.39. The van der Waals surface area contributed by atoms with Crippen LogP contribution in [0.5, 0.6) is 0 Å². The Kier molecular flexibility index (Phi) is 4.25. The lowest BCUT2D eigenvalue weighted by atomic mass is 9.74. The molecule has 2 aliphatic rings. The Hall–Kier alpha value is -2.75. The van der Waals surface area contributed by atoms with Gasteiger partial charge in [0.1, 0.15) is 5.66 Å². The number of hydrogen-bond donors (Lipinski definition) is 1. The van der Waals surface area contributed by atoms with Crippen molar-refractivity contribution in [2.75, 3.05) is 30.4 Å². The van der Waals surface area contributed by atoms with E-state index in [9.17, 15) is 4.79 Å². The van der Waals surface area contributed by atoms with Gasteiger partial charge < -0.3 is 15.1 Å². The number of fused-ring (bicyclic) bond motifs is 3. The molecule has 2 heterocycles. The second-order valence-corrected chi connectivity index (χ2v) is 8.73. The number of para-hydroxylation sites is 1. The fourth-order valence-corrected chi connectivity index (χ4v) is 4.54. The molecule has 1 amide bonds.